The Kier molecular flexibility index (Phi) is 6.01. The van der Waals surface area contributed by atoms with E-state index in [9.17, 15) is 5.11 Å². The van der Waals surface area contributed by atoms with Crippen LogP contribution in [0.5, 0.6) is 17.2 Å². The van der Waals surface area contributed by atoms with E-state index in [1.807, 2.05) is 6.92 Å². The zero-order chi connectivity index (χ0) is 19.7. The lowest BCUT2D eigenvalue weighted by atomic mass is 9.97. The maximum absolute atomic E-state index is 10.6. The van der Waals surface area contributed by atoms with Gasteiger partial charge in [0.15, 0.2) is 0 Å². The van der Waals surface area contributed by atoms with E-state index in [2.05, 4.69) is 21.2 Å². The predicted molar refractivity (Wildman–Crippen MR) is 112 cm³/mol. The van der Waals surface area contributed by atoms with Crippen LogP contribution in [0, 0.1) is 0 Å². The second-order valence-electron chi connectivity index (χ2n) is 6.83. The zero-order valence-corrected chi connectivity index (χ0v) is 18.0. The molecule has 0 aliphatic carbocycles. The van der Waals surface area contributed by atoms with Crippen LogP contribution in [0.1, 0.15) is 35.4 Å². The molecule has 0 saturated carbocycles. The molecule has 0 fully saturated rings. The van der Waals surface area contributed by atoms with E-state index in [1.165, 1.54) is 16.7 Å². The van der Waals surface area contributed by atoms with E-state index in [4.69, 9.17) is 25.8 Å². The van der Waals surface area contributed by atoms with Gasteiger partial charge in [0.05, 0.1) is 24.3 Å². The van der Waals surface area contributed by atoms with Crippen LogP contribution in [-0.2, 0) is 19.3 Å². The summed E-state index contributed by atoms with van der Waals surface area (Å²) in [6, 6.07) is 5.27. The van der Waals surface area contributed by atoms with Gasteiger partial charge in [0.25, 0.3) is 0 Å². The number of hydrogen-bond donors (Lipinski definition) is 2. The summed E-state index contributed by atoms with van der Waals surface area (Å²) in [7, 11) is 0. The van der Waals surface area contributed by atoms with Crippen molar-refractivity contribution < 1.29 is 19.3 Å². The van der Waals surface area contributed by atoms with Gasteiger partial charge in [-0.1, -0.05) is 11.6 Å². The van der Waals surface area contributed by atoms with Crippen LogP contribution in [-0.4, -0.2) is 31.5 Å². The molecule has 7 heteroatoms. The SMILES string of the molecule is CCOc1ccc(Cl)cc1C(O)NCCc1c2c(c(Br)c3c1OCC3)OCC2. The number of halogens is 2. The third-order valence-corrected chi connectivity index (χ3v) is 6.20. The first-order chi connectivity index (χ1) is 13.6. The van der Waals surface area contributed by atoms with Gasteiger partial charge in [0, 0.05) is 46.7 Å². The Morgan fingerprint density at radius 1 is 1.21 bits per heavy atom. The third-order valence-electron chi connectivity index (χ3n) is 5.13. The highest BCUT2D eigenvalue weighted by atomic mass is 79.9. The Bertz CT molecular complexity index is 854. The van der Waals surface area contributed by atoms with Crippen LogP contribution in [0.15, 0.2) is 22.7 Å². The molecule has 0 amide bonds. The Balaban J connectivity index is 1.50. The van der Waals surface area contributed by atoms with Crippen molar-refractivity contribution in [2.45, 2.75) is 32.4 Å². The van der Waals surface area contributed by atoms with Crippen LogP contribution in [0.4, 0.5) is 0 Å². The van der Waals surface area contributed by atoms with Gasteiger partial charge in [-0.3, -0.25) is 5.32 Å². The number of nitrogens with one attached hydrogen (secondary N) is 1. The van der Waals surface area contributed by atoms with Gasteiger partial charge < -0.3 is 19.3 Å². The maximum atomic E-state index is 10.6. The molecule has 2 N–H and O–H groups in total. The summed E-state index contributed by atoms with van der Waals surface area (Å²) in [5, 5.41) is 14.4. The summed E-state index contributed by atoms with van der Waals surface area (Å²) < 4.78 is 18.4. The summed E-state index contributed by atoms with van der Waals surface area (Å²) in [4.78, 5) is 0. The van der Waals surface area contributed by atoms with Crippen molar-refractivity contribution in [3.63, 3.8) is 0 Å². The molecule has 28 heavy (non-hydrogen) atoms. The molecule has 1 atom stereocenters. The van der Waals surface area contributed by atoms with Crippen LogP contribution in [0.25, 0.3) is 0 Å². The van der Waals surface area contributed by atoms with Crippen molar-refractivity contribution in [3.8, 4) is 17.2 Å². The maximum Gasteiger partial charge on any atom is 0.137 e. The first-order valence-electron chi connectivity index (χ1n) is 9.55. The van der Waals surface area contributed by atoms with E-state index in [1.54, 1.807) is 18.2 Å². The minimum atomic E-state index is -0.867. The van der Waals surface area contributed by atoms with Gasteiger partial charge in [-0.15, -0.1) is 0 Å². The molecular weight excluding hydrogens is 446 g/mol. The first kappa shape index (κ1) is 19.8. The second kappa shape index (κ2) is 8.49. The average Bonchev–Trinajstić information content (AvgIpc) is 3.36. The van der Waals surface area contributed by atoms with Gasteiger partial charge in [-0.05, 0) is 47.5 Å². The molecule has 0 radical (unpaired) electrons. The highest BCUT2D eigenvalue weighted by Gasteiger charge is 2.30. The quantitative estimate of drug-likeness (QED) is 0.597. The molecule has 0 spiro atoms. The molecule has 1 unspecified atom stereocenters. The van der Waals surface area contributed by atoms with Gasteiger partial charge >= 0.3 is 0 Å². The number of fused-ring (bicyclic) bond motifs is 2. The minimum absolute atomic E-state index is 0.524. The molecule has 2 aromatic carbocycles. The Morgan fingerprint density at radius 3 is 2.75 bits per heavy atom. The molecule has 2 aromatic rings. The number of aliphatic hydroxyl groups excluding tert-OH is 1. The van der Waals surface area contributed by atoms with Crippen molar-refractivity contribution in [2.75, 3.05) is 26.4 Å². The number of ether oxygens (including phenoxy) is 3. The number of rotatable bonds is 7. The predicted octanol–water partition coefficient (Wildman–Crippen LogP) is 4.19. The van der Waals surface area contributed by atoms with Gasteiger partial charge in [0.2, 0.25) is 0 Å². The van der Waals surface area contributed by atoms with Gasteiger partial charge in [-0.2, -0.15) is 0 Å². The van der Waals surface area contributed by atoms with Crippen molar-refractivity contribution in [3.05, 3.63) is 49.9 Å². The fraction of sp³-hybridized carbons (Fsp3) is 0.429. The fourth-order valence-corrected chi connectivity index (χ4v) is 4.79. The molecule has 0 saturated heterocycles. The minimum Gasteiger partial charge on any atom is -0.493 e. The monoisotopic (exact) mass is 467 g/mol. The van der Waals surface area contributed by atoms with Crippen molar-refractivity contribution in [1.29, 1.82) is 0 Å². The summed E-state index contributed by atoms with van der Waals surface area (Å²) >= 11 is 9.79. The molecule has 0 bridgehead atoms. The lowest BCUT2D eigenvalue weighted by Crippen LogP contribution is -2.24. The molecule has 2 aliphatic heterocycles. The van der Waals surface area contributed by atoms with E-state index >= 15 is 0 Å². The fourth-order valence-electron chi connectivity index (χ4n) is 3.88. The van der Waals surface area contributed by atoms with Crippen LogP contribution in [0.2, 0.25) is 5.02 Å². The molecule has 2 heterocycles. The zero-order valence-electron chi connectivity index (χ0n) is 15.7. The molecule has 0 aromatic heterocycles. The molecule has 5 nitrogen and oxygen atoms in total. The van der Waals surface area contributed by atoms with Crippen molar-refractivity contribution in [1.82, 2.24) is 5.32 Å². The molecule has 4 rings (SSSR count). The largest absolute Gasteiger partial charge is 0.493 e. The number of hydrogen-bond acceptors (Lipinski definition) is 5. The Hall–Kier alpha value is -1.47. The van der Waals surface area contributed by atoms with Crippen LogP contribution >= 0.6 is 27.5 Å². The van der Waals surface area contributed by atoms with E-state index < -0.39 is 6.23 Å². The molecule has 2 aliphatic rings. The van der Waals surface area contributed by atoms with E-state index in [0.29, 0.717) is 42.7 Å². The van der Waals surface area contributed by atoms with Crippen LogP contribution < -0.4 is 19.5 Å². The normalized spacial score (nSPS) is 15.6. The number of benzene rings is 2. The van der Waals surface area contributed by atoms with E-state index in [-0.39, 0.29) is 0 Å². The highest BCUT2D eigenvalue weighted by molar-refractivity contribution is 9.10. The molecular formula is C21H23BrClNO4. The van der Waals surface area contributed by atoms with Crippen molar-refractivity contribution >= 4 is 27.5 Å². The standard InChI is InChI=1S/C21H23BrClNO4/c1-2-26-17-4-3-12(23)11-16(17)21(25)24-8-5-13-14-6-9-28-20(14)18(22)15-7-10-27-19(13)15/h3-4,11,21,24-25H,2,5-10H2,1H3. The number of aliphatic hydroxyl groups is 1. The summed E-state index contributed by atoms with van der Waals surface area (Å²) in [6.07, 6.45) is 1.64. The Morgan fingerprint density at radius 2 is 1.96 bits per heavy atom. The lowest BCUT2D eigenvalue weighted by molar-refractivity contribution is 0.135. The van der Waals surface area contributed by atoms with Crippen molar-refractivity contribution in [2.24, 2.45) is 0 Å². The molecule has 150 valence electrons. The topological polar surface area (TPSA) is 60.0 Å². The van der Waals surface area contributed by atoms with E-state index in [0.717, 1.165) is 35.2 Å². The first-order valence-corrected chi connectivity index (χ1v) is 10.7. The summed E-state index contributed by atoms with van der Waals surface area (Å²) in [6.45, 7) is 4.41. The second-order valence-corrected chi connectivity index (χ2v) is 8.06. The summed E-state index contributed by atoms with van der Waals surface area (Å²) in [5.74, 6) is 2.56. The third kappa shape index (κ3) is 3.71. The highest BCUT2D eigenvalue weighted by Crippen LogP contribution is 2.47. The van der Waals surface area contributed by atoms with Crippen LogP contribution in [0.3, 0.4) is 0 Å². The Labute approximate surface area is 178 Å². The van der Waals surface area contributed by atoms with Gasteiger partial charge in [0.1, 0.15) is 23.5 Å². The lowest BCUT2D eigenvalue weighted by Gasteiger charge is -2.19. The van der Waals surface area contributed by atoms with Gasteiger partial charge in [-0.25, -0.2) is 0 Å². The smallest absolute Gasteiger partial charge is 0.137 e. The summed E-state index contributed by atoms with van der Waals surface area (Å²) in [5.41, 5.74) is 4.21. The average molecular weight is 469 g/mol.